The van der Waals surface area contributed by atoms with Gasteiger partial charge in [0.2, 0.25) is 0 Å². The Morgan fingerprint density at radius 3 is 1.76 bits per heavy atom. The minimum Gasteiger partial charge on any atom is -0.460 e. The van der Waals surface area contributed by atoms with E-state index in [-0.39, 0.29) is 38.1 Å². The Labute approximate surface area is 200 Å². The number of ether oxygens (including phenoxy) is 1. The van der Waals surface area contributed by atoms with Crippen LogP contribution in [0.3, 0.4) is 0 Å². The molecule has 1 N–H and O–H groups in total. The molecule has 6 nitrogen and oxygen atoms in total. The summed E-state index contributed by atoms with van der Waals surface area (Å²) < 4.78 is 5.45. The monoisotopic (exact) mass is 458 g/mol. The maximum Gasteiger partial charge on any atom is 0.338 e. The van der Waals surface area contributed by atoms with E-state index in [2.05, 4.69) is 5.32 Å². The number of hydrogen-bond acceptors (Lipinski definition) is 4. The second-order valence-corrected chi connectivity index (χ2v) is 8.13. The van der Waals surface area contributed by atoms with E-state index in [1.54, 1.807) is 29.2 Å². The lowest BCUT2D eigenvalue weighted by molar-refractivity contribution is 0.0435. The Hall–Kier alpha value is -3.93. The van der Waals surface area contributed by atoms with Crippen LogP contribution in [-0.2, 0) is 4.74 Å². The van der Waals surface area contributed by atoms with Crippen molar-refractivity contribution >= 4 is 17.8 Å². The number of aryl methyl sites for hydroxylation is 3. The highest BCUT2D eigenvalue weighted by atomic mass is 16.5. The molecule has 3 aromatic carbocycles. The minimum absolute atomic E-state index is 0.0521. The number of hydrogen-bond donors (Lipinski definition) is 1. The van der Waals surface area contributed by atoms with Crippen LogP contribution < -0.4 is 5.32 Å². The van der Waals surface area contributed by atoms with Crippen molar-refractivity contribution < 1.29 is 19.1 Å². The number of nitrogens with one attached hydrogen (secondary N) is 1. The average molecular weight is 459 g/mol. The predicted octanol–water partition coefficient (Wildman–Crippen LogP) is 4.34. The molecule has 2 amide bonds. The van der Waals surface area contributed by atoms with E-state index in [0.29, 0.717) is 16.7 Å². The van der Waals surface area contributed by atoms with Gasteiger partial charge in [-0.15, -0.1) is 0 Å². The molecular weight excluding hydrogens is 428 g/mol. The van der Waals surface area contributed by atoms with Crippen LogP contribution in [0.25, 0.3) is 0 Å². The molecule has 0 aliphatic carbocycles. The Bertz CT molecular complexity index is 1110. The summed E-state index contributed by atoms with van der Waals surface area (Å²) >= 11 is 0. The number of benzene rings is 3. The first kappa shape index (κ1) is 24.7. The van der Waals surface area contributed by atoms with Crippen LogP contribution in [0.5, 0.6) is 0 Å². The summed E-state index contributed by atoms with van der Waals surface area (Å²) in [5.74, 6) is -0.781. The van der Waals surface area contributed by atoms with Crippen molar-refractivity contribution in [1.82, 2.24) is 10.2 Å². The molecule has 0 aliphatic heterocycles. The maximum absolute atomic E-state index is 13.2. The second kappa shape index (κ2) is 11.8. The van der Waals surface area contributed by atoms with E-state index in [9.17, 15) is 14.4 Å². The number of carbonyl (C=O) groups excluding carboxylic acids is 3. The van der Waals surface area contributed by atoms with Crippen molar-refractivity contribution in [2.75, 3.05) is 26.2 Å². The highest BCUT2D eigenvalue weighted by molar-refractivity contribution is 5.96. The molecule has 0 aromatic heterocycles. The molecule has 0 radical (unpaired) electrons. The Morgan fingerprint density at radius 1 is 0.706 bits per heavy atom. The van der Waals surface area contributed by atoms with Gasteiger partial charge < -0.3 is 15.0 Å². The van der Waals surface area contributed by atoms with Gasteiger partial charge in [-0.25, -0.2) is 4.79 Å². The lowest BCUT2D eigenvalue weighted by Crippen LogP contribution is -2.41. The van der Waals surface area contributed by atoms with E-state index in [1.807, 2.05) is 69.3 Å². The van der Waals surface area contributed by atoms with E-state index >= 15 is 0 Å². The smallest absolute Gasteiger partial charge is 0.338 e. The molecule has 0 saturated carbocycles. The summed E-state index contributed by atoms with van der Waals surface area (Å²) in [7, 11) is 0. The van der Waals surface area contributed by atoms with Gasteiger partial charge in [-0.1, -0.05) is 54.6 Å². The molecule has 0 spiro atoms. The molecule has 0 bridgehead atoms. The molecule has 0 fully saturated rings. The van der Waals surface area contributed by atoms with Crippen molar-refractivity contribution in [3.8, 4) is 0 Å². The first-order valence-electron chi connectivity index (χ1n) is 11.3. The number of carbonyl (C=O) groups is 3. The molecule has 0 heterocycles. The number of esters is 1. The normalized spacial score (nSPS) is 10.4. The van der Waals surface area contributed by atoms with Crippen molar-refractivity contribution in [2.24, 2.45) is 0 Å². The zero-order chi connectivity index (χ0) is 24.5. The Kier molecular flexibility index (Phi) is 8.57. The zero-order valence-corrected chi connectivity index (χ0v) is 19.8. The first-order chi connectivity index (χ1) is 16.4. The van der Waals surface area contributed by atoms with Gasteiger partial charge >= 0.3 is 5.97 Å². The van der Waals surface area contributed by atoms with Crippen LogP contribution in [0.1, 0.15) is 47.8 Å². The van der Waals surface area contributed by atoms with Crippen LogP contribution >= 0.6 is 0 Å². The standard InChI is InChI=1S/C28H30N2O4/c1-20-10-4-7-13-23(20)26(31)29-16-17-30(27(32)24-14-8-5-11-21(24)2)18-19-34-28(33)25-15-9-6-12-22(25)3/h4-15H,16-19H2,1-3H3,(H,29,31). The van der Waals surface area contributed by atoms with Crippen LogP contribution in [-0.4, -0.2) is 48.9 Å². The van der Waals surface area contributed by atoms with Gasteiger partial charge in [-0.05, 0) is 55.7 Å². The van der Waals surface area contributed by atoms with Crippen LogP contribution in [0.15, 0.2) is 72.8 Å². The SMILES string of the molecule is Cc1ccccc1C(=O)NCCN(CCOC(=O)c1ccccc1C)C(=O)c1ccccc1C. The molecule has 3 rings (SSSR count). The van der Waals surface area contributed by atoms with Crippen LogP contribution in [0.4, 0.5) is 0 Å². The molecule has 0 saturated heterocycles. The Balaban J connectivity index is 1.64. The average Bonchev–Trinajstić information content (AvgIpc) is 2.83. The second-order valence-electron chi connectivity index (χ2n) is 8.13. The fraction of sp³-hybridized carbons (Fsp3) is 0.250. The van der Waals surface area contributed by atoms with E-state index < -0.39 is 5.97 Å². The number of nitrogens with zero attached hydrogens (tertiary/aromatic N) is 1. The molecule has 3 aromatic rings. The quantitative estimate of drug-likeness (QED) is 0.484. The van der Waals surface area contributed by atoms with Crippen molar-refractivity contribution in [2.45, 2.75) is 20.8 Å². The van der Waals surface area contributed by atoms with Gasteiger partial charge in [0.25, 0.3) is 11.8 Å². The number of rotatable bonds is 9. The number of amides is 2. The van der Waals surface area contributed by atoms with E-state index in [0.717, 1.165) is 16.7 Å². The third-order valence-corrected chi connectivity index (χ3v) is 5.68. The van der Waals surface area contributed by atoms with E-state index in [4.69, 9.17) is 4.74 Å². The van der Waals surface area contributed by atoms with E-state index in [1.165, 1.54) is 0 Å². The minimum atomic E-state index is -0.422. The third kappa shape index (κ3) is 6.32. The predicted molar refractivity (Wildman–Crippen MR) is 132 cm³/mol. The lowest BCUT2D eigenvalue weighted by Gasteiger charge is -2.24. The maximum atomic E-state index is 13.2. The molecule has 176 valence electrons. The summed E-state index contributed by atoms with van der Waals surface area (Å²) in [5, 5.41) is 2.88. The highest BCUT2D eigenvalue weighted by Crippen LogP contribution is 2.12. The lowest BCUT2D eigenvalue weighted by atomic mass is 10.1. The largest absolute Gasteiger partial charge is 0.460 e. The van der Waals surface area contributed by atoms with Gasteiger partial charge in [0.1, 0.15) is 6.61 Å². The van der Waals surface area contributed by atoms with Crippen molar-refractivity contribution in [1.29, 1.82) is 0 Å². The fourth-order valence-electron chi connectivity index (χ4n) is 3.65. The summed E-state index contributed by atoms with van der Waals surface area (Å²) in [6.07, 6.45) is 0. The Morgan fingerprint density at radius 2 is 1.21 bits per heavy atom. The molecule has 34 heavy (non-hydrogen) atoms. The van der Waals surface area contributed by atoms with Crippen molar-refractivity contribution in [3.05, 3.63) is 106 Å². The fourth-order valence-corrected chi connectivity index (χ4v) is 3.65. The van der Waals surface area contributed by atoms with Gasteiger partial charge in [0.15, 0.2) is 0 Å². The molecule has 0 atom stereocenters. The van der Waals surface area contributed by atoms with Gasteiger partial charge in [-0.3, -0.25) is 9.59 Å². The third-order valence-electron chi connectivity index (χ3n) is 5.68. The molecule has 6 heteroatoms. The summed E-state index contributed by atoms with van der Waals surface area (Å²) in [4.78, 5) is 39.8. The zero-order valence-electron chi connectivity index (χ0n) is 19.8. The topological polar surface area (TPSA) is 75.7 Å². The molecule has 0 aliphatic rings. The van der Waals surface area contributed by atoms with Crippen molar-refractivity contribution in [3.63, 3.8) is 0 Å². The molecular formula is C28H30N2O4. The highest BCUT2D eigenvalue weighted by Gasteiger charge is 2.19. The summed E-state index contributed by atoms with van der Waals surface area (Å²) in [6.45, 7) is 6.43. The van der Waals surface area contributed by atoms with Crippen LogP contribution in [0.2, 0.25) is 0 Å². The van der Waals surface area contributed by atoms with Gasteiger partial charge in [-0.2, -0.15) is 0 Å². The first-order valence-corrected chi connectivity index (χ1v) is 11.3. The van der Waals surface area contributed by atoms with Crippen LogP contribution in [0, 0.1) is 20.8 Å². The summed E-state index contributed by atoms with van der Waals surface area (Å²) in [5.41, 5.74) is 4.27. The summed E-state index contributed by atoms with van der Waals surface area (Å²) in [6, 6.07) is 21.9. The van der Waals surface area contributed by atoms with Gasteiger partial charge in [0.05, 0.1) is 12.1 Å². The van der Waals surface area contributed by atoms with Gasteiger partial charge in [0, 0.05) is 24.2 Å². The molecule has 0 unspecified atom stereocenters.